The van der Waals surface area contributed by atoms with E-state index in [1.165, 1.54) is 21.5 Å². The Hall–Kier alpha value is -18.9. The third-order valence-electron chi connectivity index (χ3n) is 26.5. The molecular weight excluding hydrogens is 1700 g/mol. The van der Waals surface area contributed by atoms with Gasteiger partial charge in [0.05, 0.1) is 0 Å². The molecule has 12 heteroatoms. The molecule has 0 aliphatic carbocycles. The topological polar surface area (TPSA) is 155 Å². The highest BCUT2D eigenvalue weighted by Crippen LogP contribution is 2.47. The number of rotatable bonds is 12. The molecule has 28 rings (SSSR count). The zero-order valence-electron chi connectivity index (χ0n) is 74.7. The number of hydrogen-bond donors (Lipinski definition) is 0. The first-order chi connectivity index (χ1) is 68.8. The number of fused-ring (bicyclic) bond motifs is 16. The standard InChI is InChI=1S/C45H27N3O.2C41H25N3O/c1-3-12-30-26-32(24-22-28(30)10-1)43-46-44(33-25-23-29-11-2-4-13-31(29)27-33)48-45(47-43)38-19-8-15-34-35(16-7-17-36(34)38)37-18-9-21-41-42(37)39-14-5-6-20-40(39)49-41;1-2-12-27(13-3-1)39-42-40(29-24-23-26-11-4-5-14-28(26)25-29)44-41(43-39)34-20-9-16-30-31(17-8-18-32(30)34)33-19-10-22-37-38(33)35-15-6-7-21-36(35)45-37;1-2-12-27(13-3-1)39-42-40(30-22-21-26-11-4-5-14-28(26)23-30)44-41(43-39)31-24-29-15-6-7-16-32(29)35(25-31)33-18-10-20-37-38(33)34-17-8-9-19-36(34)45-37/h1-27H;2*1-25H. The molecule has 12 nitrogen and oxygen atoms in total. The molecular formula is C127H77N9O3. The zero-order valence-corrected chi connectivity index (χ0v) is 74.7. The Morgan fingerprint density at radius 2 is 0.345 bits per heavy atom. The van der Waals surface area contributed by atoms with E-state index in [4.69, 9.17) is 58.1 Å². The average molecular weight is 1780 g/mol. The van der Waals surface area contributed by atoms with Crippen LogP contribution in [0.5, 0.6) is 0 Å². The lowest BCUT2D eigenvalue weighted by Gasteiger charge is -2.13. The molecule has 6 heterocycles. The van der Waals surface area contributed by atoms with Crippen molar-refractivity contribution in [3.05, 3.63) is 467 Å². The van der Waals surface area contributed by atoms with Gasteiger partial charge in [-0.25, -0.2) is 44.9 Å². The summed E-state index contributed by atoms with van der Waals surface area (Å²) in [4.78, 5) is 45.7. The van der Waals surface area contributed by atoms with Crippen LogP contribution in [0.3, 0.4) is 0 Å². The van der Waals surface area contributed by atoms with Gasteiger partial charge >= 0.3 is 0 Å². The predicted octanol–water partition coefficient (Wildman–Crippen LogP) is 33.4. The second kappa shape index (κ2) is 34.3. The van der Waals surface area contributed by atoms with Gasteiger partial charge in [0.25, 0.3) is 0 Å². The molecule has 6 aromatic heterocycles. The summed E-state index contributed by atoms with van der Waals surface area (Å²) in [6, 6.07) is 161. The summed E-state index contributed by atoms with van der Waals surface area (Å²) in [5, 5.41) is 22.6. The maximum atomic E-state index is 6.27. The molecule has 0 fully saturated rings. The molecule has 0 aliphatic rings. The number of nitrogens with zero attached hydrogens (tertiary/aromatic N) is 9. The SMILES string of the molecule is c1ccc(-c2nc(-c3ccc4ccccc4c3)nc(-c3cc(-c4cccc5oc6ccccc6c45)c4ccccc4c3)n2)cc1.c1ccc(-c2nc(-c3ccc4ccccc4c3)nc(-c3cccc4c(-c5cccc6oc7ccccc7c56)cccc34)n2)cc1.c1ccc2cc(-c3nc(-c4ccc5ccccc5c4)nc(-c4cccc5c(-c6cccc7oc8ccccc8c67)cccc45)n3)ccc2c1. The molecule has 22 aromatic carbocycles. The fourth-order valence-electron chi connectivity index (χ4n) is 19.9. The number of furan rings is 3. The smallest absolute Gasteiger partial charge is 0.164 e. The third kappa shape index (κ3) is 14.9. The van der Waals surface area contributed by atoms with Crippen molar-refractivity contribution in [2.24, 2.45) is 0 Å². The van der Waals surface area contributed by atoms with E-state index in [0.29, 0.717) is 52.4 Å². The zero-order chi connectivity index (χ0) is 91.8. The van der Waals surface area contributed by atoms with Crippen LogP contribution in [0.15, 0.2) is 480 Å². The van der Waals surface area contributed by atoms with Gasteiger partial charge in [0.2, 0.25) is 0 Å². The van der Waals surface area contributed by atoms with E-state index in [-0.39, 0.29) is 0 Å². The van der Waals surface area contributed by atoms with Crippen molar-refractivity contribution in [1.82, 2.24) is 44.9 Å². The molecule has 0 N–H and O–H groups in total. The molecule has 0 amide bonds. The molecule has 0 saturated heterocycles. The summed E-state index contributed by atoms with van der Waals surface area (Å²) in [7, 11) is 0. The van der Waals surface area contributed by atoms with Crippen LogP contribution in [0.1, 0.15) is 0 Å². The first kappa shape index (κ1) is 80.9. The second-order valence-corrected chi connectivity index (χ2v) is 34.9. The highest BCUT2D eigenvalue weighted by atomic mass is 16.3. The maximum Gasteiger partial charge on any atom is 0.164 e. The Morgan fingerprint density at radius 3 is 0.698 bits per heavy atom. The number of benzene rings is 22. The summed E-state index contributed by atoms with van der Waals surface area (Å²) in [5.74, 6) is 5.76. The van der Waals surface area contributed by atoms with Gasteiger partial charge < -0.3 is 13.3 Å². The quantitative estimate of drug-likeness (QED) is 0.114. The first-order valence-electron chi connectivity index (χ1n) is 46.5. The van der Waals surface area contributed by atoms with Gasteiger partial charge in [-0.05, 0) is 182 Å². The van der Waals surface area contributed by atoms with Gasteiger partial charge in [-0.2, -0.15) is 0 Å². The lowest BCUT2D eigenvalue weighted by atomic mass is 9.92. The minimum atomic E-state index is 0.628. The Morgan fingerprint density at radius 1 is 0.115 bits per heavy atom. The highest BCUT2D eigenvalue weighted by Gasteiger charge is 2.25. The van der Waals surface area contributed by atoms with Gasteiger partial charge in [-0.15, -0.1) is 0 Å². The van der Waals surface area contributed by atoms with Crippen LogP contribution in [0, 0.1) is 0 Å². The average Bonchev–Trinajstić information content (AvgIpc) is 1.69. The van der Waals surface area contributed by atoms with Crippen molar-refractivity contribution in [1.29, 1.82) is 0 Å². The van der Waals surface area contributed by atoms with Crippen LogP contribution in [0.2, 0.25) is 0 Å². The van der Waals surface area contributed by atoms with E-state index < -0.39 is 0 Å². The third-order valence-corrected chi connectivity index (χ3v) is 26.5. The molecule has 648 valence electrons. The molecule has 0 saturated carbocycles. The van der Waals surface area contributed by atoms with E-state index in [1.807, 2.05) is 115 Å². The van der Waals surface area contributed by atoms with E-state index in [2.05, 4.69) is 352 Å². The van der Waals surface area contributed by atoms with Crippen molar-refractivity contribution in [2.75, 3.05) is 0 Å². The molecule has 0 spiro atoms. The number of para-hydroxylation sites is 3. The molecule has 0 atom stereocenters. The van der Waals surface area contributed by atoms with E-state index in [1.54, 1.807) is 0 Å². The molecule has 0 aliphatic heterocycles. The fourth-order valence-corrected chi connectivity index (χ4v) is 19.9. The lowest BCUT2D eigenvalue weighted by Crippen LogP contribution is -2.01. The van der Waals surface area contributed by atoms with Crippen molar-refractivity contribution in [3.8, 4) is 136 Å². The van der Waals surface area contributed by atoms with Crippen molar-refractivity contribution in [3.63, 3.8) is 0 Å². The largest absolute Gasteiger partial charge is 0.456 e. The molecule has 0 bridgehead atoms. The molecule has 0 radical (unpaired) electrons. The van der Waals surface area contributed by atoms with E-state index in [0.717, 1.165) is 203 Å². The van der Waals surface area contributed by atoms with Crippen LogP contribution < -0.4 is 0 Å². The number of hydrogen-bond acceptors (Lipinski definition) is 12. The van der Waals surface area contributed by atoms with Gasteiger partial charge in [-0.1, -0.05) is 394 Å². The van der Waals surface area contributed by atoms with Crippen LogP contribution >= 0.6 is 0 Å². The predicted molar refractivity (Wildman–Crippen MR) is 569 cm³/mol. The molecule has 28 aromatic rings. The highest BCUT2D eigenvalue weighted by molar-refractivity contribution is 6.20. The summed E-state index contributed by atoms with van der Waals surface area (Å²) in [5.41, 5.74) is 20.6. The Labute approximate surface area is 796 Å². The first-order valence-corrected chi connectivity index (χ1v) is 46.5. The Kier molecular flexibility index (Phi) is 20.0. The maximum absolute atomic E-state index is 6.27. The summed E-state index contributed by atoms with van der Waals surface area (Å²) in [6.07, 6.45) is 0. The number of aromatic nitrogens is 9. The normalized spacial score (nSPS) is 11.6. The van der Waals surface area contributed by atoms with Crippen molar-refractivity contribution in [2.45, 2.75) is 0 Å². The van der Waals surface area contributed by atoms with E-state index in [9.17, 15) is 0 Å². The van der Waals surface area contributed by atoms with Gasteiger partial charge in [-0.3, -0.25) is 0 Å². The van der Waals surface area contributed by atoms with Crippen molar-refractivity contribution >= 4 is 141 Å². The van der Waals surface area contributed by atoms with Crippen LogP contribution in [0.4, 0.5) is 0 Å². The summed E-state index contributed by atoms with van der Waals surface area (Å²) in [6.45, 7) is 0. The summed E-state index contributed by atoms with van der Waals surface area (Å²) < 4.78 is 18.8. The van der Waals surface area contributed by atoms with Crippen molar-refractivity contribution < 1.29 is 13.3 Å². The summed E-state index contributed by atoms with van der Waals surface area (Å²) >= 11 is 0. The molecule has 139 heavy (non-hydrogen) atoms. The Bertz CT molecular complexity index is 9680. The monoisotopic (exact) mass is 1780 g/mol. The van der Waals surface area contributed by atoms with Crippen LogP contribution in [-0.2, 0) is 0 Å². The van der Waals surface area contributed by atoms with Gasteiger partial charge in [0.1, 0.15) is 33.5 Å². The minimum absolute atomic E-state index is 0.628. The van der Waals surface area contributed by atoms with E-state index >= 15 is 0 Å². The Balaban J connectivity index is 0.000000108. The van der Waals surface area contributed by atoms with Gasteiger partial charge in [0, 0.05) is 82.4 Å². The minimum Gasteiger partial charge on any atom is -0.456 e. The van der Waals surface area contributed by atoms with Crippen LogP contribution in [-0.4, -0.2) is 44.9 Å². The van der Waals surface area contributed by atoms with Gasteiger partial charge in [0.15, 0.2) is 52.4 Å². The lowest BCUT2D eigenvalue weighted by molar-refractivity contribution is 0.668. The van der Waals surface area contributed by atoms with Crippen LogP contribution in [0.25, 0.3) is 277 Å². The molecule has 0 unspecified atom stereocenters. The fraction of sp³-hybridized carbons (Fsp3) is 0. The second-order valence-electron chi connectivity index (χ2n) is 34.9.